The fourth-order valence-corrected chi connectivity index (χ4v) is 0.994. The van der Waals surface area contributed by atoms with Crippen LogP contribution in [0, 0.1) is 0 Å². The average molecular weight is 187 g/mol. The molecule has 6 nitrogen and oxygen atoms in total. The molecule has 1 aromatic heterocycles. The van der Waals surface area contributed by atoms with E-state index in [0.29, 0.717) is 13.0 Å². The summed E-state index contributed by atoms with van der Waals surface area (Å²) in [5, 5.41) is 15.1. The van der Waals surface area contributed by atoms with E-state index in [1.807, 2.05) is 0 Å². The second-order valence-corrected chi connectivity index (χ2v) is 2.75. The van der Waals surface area contributed by atoms with Crippen LogP contribution in [0.4, 0.5) is 0 Å². The van der Waals surface area contributed by atoms with Gasteiger partial charge < -0.3 is 9.84 Å². The van der Waals surface area contributed by atoms with Gasteiger partial charge in [-0.2, -0.15) is 5.10 Å². The molecule has 1 heterocycles. The van der Waals surface area contributed by atoms with Crippen molar-refractivity contribution in [3.63, 3.8) is 0 Å². The Morgan fingerprint density at radius 3 is 3.15 bits per heavy atom. The molecule has 0 aliphatic rings. The van der Waals surface area contributed by atoms with E-state index < -0.39 is 6.10 Å². The minimum Gasteiger partial charge on any atom is -0.391 e. The predicted molar refractivity (Wildman–Crippen MR) is 45.3 cm³/mol. The number of ether oxygens (including phenoxy) is 1. The van der Waals surface area contributed by atoms with Crippen molar-refractivity contribution in [3.05, 3.63) is 16.8 Å². The van der Waals surface area contributed by atoms with E-state index in [4.69, 9.17) is 4.74 Å². The molecule has 0 radical (unpaired) electrons. The Morgan fingerprint density at radius 1 is 1.85 bits per heavy atom. The molecule has 0 aromatic carbocycles. The maximum atomic E-state index is 10.9. The molecule has 0 spiro atoms. The Morgan fingerprint density at radius 2 is 2.62 bits per heavy atom. The van der Waals surface area contributed by atoms with Gasteiger partial charge in [-0.3, -0.25) is 4.57 Å². The van der Waals surface area contributed by atoms with E-state index in [-0.39, 0.29) is 12.3 Å². The van der Waals surface area contributed by atoms with E-state index in [1.54, 1.807) is 0 Å². The second kappa shape index (κ2) is 4.78. The van der Waals surface area contributed by atoms with Crippen LogP contribution in [0.15, 0.2) is 11.1 Å². The van der Waals surface area contributed by atoms with Crippen molar-refractivity contribution >= 4 is 0 Å². The summed E-state index contributed by atoms with van der Waals surface area (Å²) in [7, 11) is 1.52. The first-order valence-electron chi connectivity index (χ1n) is 4.01. The van der Waals surface area contributed by atoms with Crippen molar-refractivity contribution in [2.45, 2.75) is 19.1 Å². The van der Waals surface area contributed by atoms with E-state index in [1.165, 1.54) is 18.0 Å². The smallest absolute Gasteiger partial charge is 0.343 e. The number of nitrogens with zero attached hydrogens (tertiary/aromatic N) is 2. The van der Waals surface area contributed by atoms with Crippen LogP contribution in [0.5, 0.6) is 0 Å². The molecule has 74 valence electrons. The summed E-state index contributed by atoms with van der Waals surface area (Å²) in [6.07, 6.45) is 1.35. The lowest BCUT2D eigenvalue weighted by Gasteiger charge is -2.07. The molecule has 0 bridgehead atoms. The van der Waals surface area contributed by atoms with Gasteiger partial charge in [-0.15, -0.1) is 0 Å². The molecule has 1 unspecified atom stereocenters. The highest BCUT2D eigenvalue weighted by Gasteiger charge is 2.04. The summed E-state index contributed by atoms with van der Waals surface area (Å²) in [6, 6.07) is 0. The molecule has 0 aliphatic heterocycles. The lowest BCUT2D eigenvalue weighted by Crippen LogP contribution is -2.21. The predicted octanol–water partition coefficient (Wildman–Crippen LogP) is -1.03. The number of methoxy groups -OCH3 is 1. The number of nitrogens with one attached hydrogen (secondary N) is 1. The number of hydrogen-bond acceptors (Lipinski definition) is 4. The molecule has 0 amide bonds. The van der Waals surface area contributed by atoms with Gasteiger partial charge in [0.1, 0.15) is 6.33 Å². The van der Waals surface area contributed by atoms with E-state index >= 15 is 0 Å². The fraction of sp³-hybridized carbons (Fsp3) is 0.714. The van der Waals surface area contributed by atoms with Crippen LogP contribution < -0.4 is 5.69 Å². The van der Waals surface area contributed by atoms with Crippen molar-refractivity contribution in [1.82, 2.24) is 14.8 Å². The van der Waals surface area contributed by atoms with Crippen molar-refractivity contribution < 1.29 is 9.84 Å². The number of rotatable bonds is 5. The SMILES string of the molecule is COCC(O)CCn1cn[nH]c1=O. The number of aliphatic hydroxyl groups excluding tert-OH is 1. The van der Waals surface area contributed by atoms with Crippen LogP contribution in [0.1, 0.15) is 6.42 Å². The first-order chi connectivity index (χ1) is 6.24. The molecule has 1 atom stereocenters. The largest absolute Gasteiger partial charge is 0.391 e. The quantitative estimate of drug-likeness (QED) is 0.617. The average Bonchev–Trinajstić information content (AvgIpc) is 2.48. The van der Waals surface area contributed by atoms with Gasteiger partial charge in [0, 0.05) is 13.7 Å². The van der Waals surface area contributed by atoms with Gasteiger partial charge in [-0.25, -0.2) is 9.89 Å². The van der Waals surface area contributed by atoms with Gasteiger partial charge >= 0.3 is 5.69 Å². The molecule has 0 saturated carbocycles. The Labute approximate surface area is 75.2 Å². The van der Waals surface area contributed by atoms with Crippen LogP contribution >= 0.6 is 0 Å². The number of aromatic nitrogens is 3. The monoisotopic (exact) mass is 187 g/mol. The summed E-state index contributed by atoms with van der Waals surface area (Å²) < 4.78 is 6.14. The maximum absolute atomic E-state index is 10.9. The van der Waals surface area contributed by atoms with Crippen LogP contribution in [0.25, 0.3) is 0 Å². The zero-order valence-corrected chi connectivity index (χ0v) is 7.43. The van der Waals surface area contributed by atoms with Crippen LogP contribution in [0.3, 0.4) is 0 Å². The topological polar surface area (TPSA) is 80.1 Å². The lowest BCUT2D eigenvalue weighted by molar-refractivity contribution is 0.0563. The third-order valence-corrected chi connectivity index (χ3v) is 1.68. The van der Waals surface area contributed by atoms with Gasteiger partial charge in [0.15, 0.2) is 0 Å². The Hall–Kier alpha value is -1.14. The molecule has 0 fully saturated rings. The number of hydrogen-bond donors (Lipinski definition) is 2. The third kappa shape index (κ3) is 3.00. The Bertz CT molecular complexity index is 293. The normalized spacial score (nSPS) is 13.1. The van der Waals surface area contributed by atoms with Gasteiger partial charge in [0.2, 0.25) is 0 Å². The first-order valence-corrected chi connectivity index (χ1v) is 4.01. The zero-order valence-electron chi connectivity index (χ0n) is 7.43. The van der Waals surface area contributed by atoms with Crippen molar-refractivity contribution in [3.8, 4) is 0 Å². The fourth-order valence-electron chi connectivity index (χ4n) is 0.994. The highest BCUT2D eigenvalue weighted by Crippen LogP contribution is 1.93. The van der Waals surface area contributed by atoms with Crippen LogP contribution in [-0.2, 0) is 11.3 Å². The third-order valence-electron chi connectivity index (χ3n) is 1.68. The number of aromatic amines is 1. The zero-order chi connectivity index (χ0) is 9.68. The molecule has 0 saturated heterocycles. The van der Waals surface area contributed by atoms with Gasteiger partial charge in [-0.1, -0.05) is 0 Å². The van der Waals surface area contributed by atoms with Crippen molar-refractivity contribution in [1.29, 1.82) is 0 Å². The minimum atomic E-state index is -0.535. The van der Waals surface area contributed by atoms with Crippen molar-refractivity contribution in [2.75, 3.05) is 13.7 Å². The first kappa shape index (κ1) is 9.94. The number of aliphatic hydroxyl groups is 1. The van der Waals surface area contributed by atoms with E-state index in [0.717, 1.165) is 0 Å². The van der Waals surface area contributed by atoms with E-state index in [2.05, 4.69) is 10.2 Å². The second-order valence-electron chi connectivity index (χ2n) is 2.75. The minimum absolute atomic E-state index is 0.260. The molecule has 1 rings (SSSR count). The summed E-state index contributed by atoms with van der Waals surface area (Å²) >= 11 is 0. The van der Waals surface area contributed by atoms with Crippen molar-refractivity contribution in [2.24, 2.45) is 0 Å². The maximum Gasteiger partial charge on any atom is 0.343 e. The van der Waals surface area contributed by atoms with Crippen LogP contribution in [0.2, 0.25) is 0 Å². The standard InChI is InChI=1S/C7H13N3O3/c1-13-4-6(11)2-3-10-5-8-9-7(10)12/h5-6,11H,2-4H2,1H3,(H,9,12). The highest BCUT2D eigenvalue weighted by atomic mass is 16.5. The molecule has 2 N–H and O–H groups in total. The molecule has 1 aromatic rings. The molecule has 6 heteroatoms. The van der Waals surface area contributed by atoms with Gasteiger partial charge in [0.05, 0.1) is 12.7 Å². The molecular formula is C7H13N3O3. The summed E-state index contributed by atoms with van der Waals surface area (Å²) in [6.45, 7) is 0.729. The Kier molecular flexibility index (Phi) is 3.66. The number of aryl methyl sites for hydroxylation is 1. The number of H-pyrrole nitrogens is 1. The highest BCUT2D eigenvalue weighted by molar-refractivity contribution is 4.64. The lowest BCUT2D eigenvalue weighted by atomic mass is 10.3. The molecule has 13 heavy (non-hydrogen) atoms. The van der Waals surface area contributed by atoms with E-state index in [9.17, 15) is 9.90 Å². The summed E-state index contributed by atoms with van der Waals surface area (Å²) in [5.41, 5.74) is -0.260. The molecule has 0 aliphatic carbocycles. The van der Waals surface area contributed by atoms with Crippen LogP contribution in [-0.4, -0.2) is 39.7 Å². The summed E-state index contributed by atoms with van der Waals surface area (Å²) in [5.74, 6) is 0. The molecular weight excluding hydrogens is 174 g/mol. The van der Waals surface area contributed by atoms with Gasteiger partial charge in [0.25, 0.3) is 0 Å². The summed E-state index contributed by atoms with van der Waals surface area (Å²) in [4.78, 5) is 10.9. The van der Waals surface area contributed by atoms with Gasteiger partial charge in [-0.05, 0) is 6.42 Å². The Balaban J connectivity index is 2.35.